The van der Waals surface area contributed by atoms with Gasteiger partial charge in [0, 0.05) is 0 Å². The fraction of sp³-hybridized carbons (Fsp3) is 0.333. The van der Waals surface area contributed by atoms with Crippen molar-refractivity contribution in [2.75, 3.05) is 13.1 Å². The zero-order valence-electron chi connectivity index (χ0n) is 4.84. The standard InChI is InChI=1S/C6H10N.W/c1-3-5-7-6-4-2;/h3-4H,1-2,5-6H2;/q-1;+1. The van der Waals surface area contributed by atoms with E-state index in [-0.39, 0.29) is 0 Å². The Bertz CT molecular complexity index is 70.6. The minimum absolute atomic E-state index is 0.974. The summed E-state index contributed by atoms with van der Waals surface area (Å²) in [5.74, 6) is 0. The molecule has 0 saturated heterocycles. The van der Waals surface area contributed by atoms with Crippen molar-refractivity contribution in [3.63, 3.8) is 0 Å². The molecule has 0 heterocycles. The van der Waals surface area contributed by atoms with Gasteiger partial charge in [0.05, 0.1) is 0 Å². The van der Waals surface area contributed by atoms with Crippen LogP contribution in [0.3, 0.4) is 0 Å². The van der Waals surface area contributed by atoms with E-state index in [2.05, 4.69) is 16.6 Å². The first-order valence-electron chi connectivity index (χ1n) is 2.45. The van der Waals surface area contributed by atoms with Gasteiger partial charge in [-0.3, -0.25) is 0 Å². The fourth-order valence-corrected chi connectivity index (χ4v) is 1.12. The second-order valence-corrected chi connectivity index (χ2v) is 3.28. The third-order valence-electron chi connectivity index (χ3n) is 0.665. The van der Waals surface area contributed by atoms with Crippen molar-refractivity contribution >= 4 is 0 Å². The van der Waals surface area contributed by atoms with Crippen LogP contribution in [0.15, 0.2) is 25.3 Å². The Kier molecular flexibility index (Phi) is 5.35. The molecular formula is C6H10NW. The van der Waals surface area contributed by atoms with Gasteiger partial charge < -0.3 is 0 Å². The number of hydrogen-bond acceptors (Lipinski definition) is 1. The van der Waals surface area contributed by atoms with Crippen LogP contribution in [0.4, 0.5) is 0 Å². The molecule has 0 aliphatic heterocycles. The van der Waals surface area contributed by atoms with Gasteiger partial charge in [-0.2, -0.15) is 0 Å². The summed E-state index contributed by atoms with van der Waals surface area (Å²) in [5, 5.41) is 0. The van der Waals surface area contributed by atoms with E-state index < -0.39 is 0 Å². The molecule has 0 rings (SSSR count). The minimum atomic E-state index is 0.974. The van der Waals surface area contributed by atoms with Crippen molar-refractivity contribution in [2.24, 2.45) is 0 Å². The molecule has 0 aromatic carbocycles. The number of nitrogens with zero attached hydrogens (tertiary/aromatic N) is 1. The monoisotopic (exact) mass is 280 g/mol. The summed E-state index contributed by atoms with van der Waals surface area (Å²) in [4.78, 5) is 0. The molecule has 45 valence electrons. The van der Waals surface area contributed by atoms with Gasteiger partial charge in [0.2, 0.25) is 0 Å². The quantitative estimate of drug-likeness (QED) is 0.698. The maximum absolute atomic E-state index is 3.62. The van der Waals surface area contributed by atoms with Gasteiger partial charge in [-0.05, 0) is 0 Å². The molecule has 0 saturated carbocycles. The van der Waals surface area contributed by atoms with Crippen LogP contribution in [-0.2, 0) is 20.1 Å². The molecule has 0 aliphatic rings. The summed E-state index contributed by atoms with van der Waals surface area (Å²) in [6, 6.07) is 0. The summed E-state index contributed by atoms with van der Waals surface area (Å²) in [5.41, 5.74) is 0. The first-order chi connectivity index (χ1) is 3.81. The molecule has 0 atom stereocenters. The van der Waals surface area contributed by atoms with Gasteiger partial charge >= 0.3 is 61.9 Å². The van der Waals surface area contributed by atoms with Crippen LogP contribution in [-0.4, -0.2) is 16.5 Å². The molecule has 0 aromatic heterocycles. The van der Waals surface area contributed by atoms with Crippen LogP contribution in [0.25, 0.3) is 0 Å². The van der Waals surface area contributed by atoms with Crippen molar-refractivity contribution in [3.8, 4) is 0 Å². The van der Waals surface area contributed by atoms with Crippen molar-refractivity contribution in [1.82, 2.24) is 3.46 Å². The Hall–Kier alpha value is 0.128. The third kappa shape index (κ3) is 4.29. The van der Waals surface area contributed by atoms with E-state index in [1.165, 1.54) is 20.1 Å². The van der Waals surface area contributed by atoms with Crippen LogP contribution in [0.1, 0.15) is 0 Å². The Labute approximate surface area is 62.3 Å². The normalized spacial score (nSPS) is 9.12. The predicted octanol–water partition coefficient (Wildman–Crippen LogP) is 1.12. The average Bonchev–Trinajstić information content (AvgIpc) is 1.68. The van der Waals surface area contributed by atoms with Gasteiger partial charge in [-0.15, -0.1) is 0 Å². The molecule has 0 N–H and O–H groups in total. The second kappa shape index (κ2) is 5.27. The van der Waals surface area contributed by atoms with E-state index in [9.17, 15) is 0 Å². The van der Waals surface area contributed by atoms with Gasteiger partial charge in [0.25, 0.3) is 0 Å². The van der Waals surface area contributed by atoms with Crippen molar-refractivity contribution in [3.05, 3.63) is 25.3 Å². The molecule has 0 unspecified atom stereocenters. The zero-order valence-corrected chi connectivity index (χ0v) is 7.77. The molecule has 0 radical (unpaired) electrons. The Morgan fingerprint density at radius 2 is 1.62 bits per heavy atom. The SMILES string of the molecule is C=CC[N]([W])CC=C. The molecule has 0 spiro atoms. The van der Waals surface area contributed by atoms with Crippen LogP contribution in [0, 0.1) is 0 Å². The number of hydrogen-bond donors (Lipinski definition) is 0. The van der Waals surface area contributed by atoms with Crippen LogP contribution < -0.4 is 0 Å². The van der Waals surface area contributed by atoms with E-state index in [1.807, 2.05) is 12.2 Å². The summed E-state index contributed by atoms with van der Waals surface area (Å²) in [6.07, 6.45) is 3.80. The summed E-state index contributed by atoms with van der Waals surface area (Å²) >= 11 is 1.47. The Morgan fingerprint density at radius 1 is 1.25 bits per heavy atom. The van der Waals surface area contributed by atoms with Gasteiger partial charge in [0.15, 0.2) is 0 Å². The van der Waals surface area contributed by atoms with Gasteiger partial charge in [0.1, 0.15) is 0 Å². The van der Waals surface area contributed by atoms with Crippen LogP contribution in [0.5, 0.6) is 0 Å². The van der Waals surface area contributed by atoms with Crippen LogP contribution >= 0.6 is 0 Å². The molecule has 0 bridgehead atoms. The fourth-order valence-electron chi connectivity index (χ4n) is 0.363. The van der Waals surface area contributed by atoms with E-state index in [1.54, 1.807) is 0 Å². The molecule has 0 amide bonds. The zero-order chi connectivity index (χ0) is 6.41. The van der Waals surface area contributed by atoms with E-state index in [4.69, 9.17) is 0 Å². The van der Waals surface area contributed by atoms with E-state index in [0.717, 1.165) is 13.1 Å². The van der Waals surface area contributed by atoms with Crippen LogP contribution in [0.2, 0.25) is 0 Å². The first kappa shape index (κ1) is 8.13. The molecule has 0 fully saturated rings. The topological polar surface area (TPSA) is 3.24 Å². The van der Waals surface area contributed by atoms with Crippen molar-refractivity contribution in [2.45, 2.75) is 0 Å². The Balaban J connectivity index is 3.16. The summed E-state index contributed by atoms with van der Waals surface area (Å²) < 4.78 is 2.21. The van der Waals surface area contributed by atoms with Crippen molar-refractivity contribution in [1.29, 1.82) is 0 Å². The molecular weight excluding hydrogens is 270 g/mol. The van der Waals surface area contributed by atoms with Crippen molar-refractivity contribution < 1.29 is 20.1 Å². The first-order valence-corrected chi connectivity index (χ1v) is 3.76. The predicted molar refractivity (Wildman–Crippen MR) is 32.0 cm³/mol. The van der Waals surface area contributed by atoms with E-state index in [0.29, 0.717) is 0 Å². The van der Waals surface area contributed by atoms with Gasteiger partial charge in [-0.1, -0.05) is 0 Å². The summed E-state index contributed by atoms with van der Waals surface area (Å²) in [7, 11) is 0. The molecule has 2 heteroatoms. The second-order valence-electron chi connectivity index (χ2n) is 1.42. The average molecular weight is 280 g/mol. The van der Waals surface area contributed by atoms with Gasteiger partial charge in [-0.25, -0.2) is 0 Å². The summed E-state index contributed by atoms with van der Waals surface area (Å²) in [6.45, 7) is 9.19. The third-order valence-corrected chi connectivity index (χ3v) is 1.74. The Morgan fingerprint density at radius 3 is 1.88 bits per heavy atom. The maximum atomic E-state index is 3.62. The molecule has 0 aliphatic carbocycles. The molecule has 1 nitrogen and oxygen atoms in total. The number of rotatable bonds is 4. The molecule has 8 heavy (non-hydrogen) atoms. The van der Waals surface area contributed by atoms with E-state index >= 15 is 0 Å². The molecule has 0 aromatic rings.